The highest BCUT2D eigenvalue weighted by atomic mass is 32.2. The molecule has 0 spiro atoms. The first kappa shape index (κ1) is 28.3. The van der Waals surface area contributed by atoms with Crippen LogP contribution in [-0.4, -0.2) is 33.6 Å². The molecule has 0 radical (unpaired) electrons. The normalized spacial score (nSPS) is 14.3. The van der Waals surface area contributed by atoms with Crippen LogP contribution in [0.3, 0.4) is 0 Å². The maximum atomic E-state index is 13.6. The van der Waals surface area contributed by atoms with Gasteiger partial charge in [-0.3, -0.25) is 0 Å². The summed E-state index contributed by atoms with van der Waals surface area (Å²) in [4.78, 5) is 18.3. The lowest BCUT2D eigenvalue weighted by Gasteiger charge is -2.28. The topological polar surface area (TPSA) is 87.5 Å². The number of nitrogens with one attached hydrogen (secondary N) is 1. The van der Waals surface area contributed by atoms with E-state index in [1.165, 1.54) is 5.56 Å². The number of benzene rings is 3. The third-order valence-electron chi connectivity index (χ3n) is 6.68. The van der Waals surface area contributed by atoms with Gasteiger partial charge in [0, 0.05) is 11.4 Å². The van der Waals surface area contributed by atoms with Crippen molar-refractivity contribution in [1.82, 2.24) is 14.8 Å². The number of rotatable bonds is 11. The van der Waals surface area contributed by atoms with Crippen LogP contribution in [0.1, 0.15) is 48.6 Å². The number of hydrogen-bond acceptors (Lipinski definition) is 8. The van der Waals surface area contributed by atoms with Gasteiger partial charge in [0.15, 0.2) is 11.5 Å². The van der Waals surface area contributed by atoms with Crippen molar-refractivity contribution in [3.63, 3.8) is 0 Å². The molecule has 9 heteroatoms. The van der Waals surface area contributed by atoms with Crippen molar-refractivity contribution in [2.24, 2.45) is 0 Å². The molecule has 1 aliphatic heterocycles. The first-order valence-electron chi connectivity index (χ1n) is 13.6. The lowest BCUT2D eigenvalue weighted by molar-refractivity contribution is -0.140. The molecule has 1 unspecified atom stereocenters. The van der Waals surface area contributed by atoms with Gasteiger partial charge < -0.3 is 19.5 Å². The van der Waals surface area contributed by atoms with Crippen molar-refractivity contribution in [1.29, 1.82) is 0 Å². The van der Waals surface area contributed by atoms with Gasteiger partial charge in [-0.05, 0) is 49.1 Å². The molecule has 1 aromatic heterocycles. The summed E-state index contributed by atoms with van der Waals surface area (Å²) in [5.74, 6) is 2.22. The fourth-order valence-electron chi connectivity index (χ4n) is 4.70. The minimum atomic E-state index is -0.572. The van der Waals surface area contributed by atoms with E-state index in [0.717, 1.165) is 28.9 Å². The molecule has 0 aliphatic carbocycles. The zero-order valence-corrected chi connectivity index (χ0v) is 24.5. The van der Waals surface area contributed by atoms with Crippen molar-refractivity contribution in [3.05, 3.63) is 106 Å². The number of nitrogens with zero attached hydrogens (tertiary/aromatic N) is 3. The number of esters is 1. The lowest BCUT2D eigenvalue weighted by Crippen LogP contribution is -2.29. The molecule has 1 aliphatic rings. The monoisotopic (exact) mass is 570 g/mol. The highest BCUT2D eigenvalue weighted by Crippen LogP contribution is 2.40. The van der Waals surface area contributed by atoms with Gasteiger partial charge in [-0.2, -0.15) is 4.98 Å². The van der Waals surface area contributed by atoms with Crippen LogP contribution in [0.5, 0.6) is 11.5 Å². The van der Waals surface area contributed by atoms with Crippen molar-refractivity contribution in [3.8, 4) is 11.5 Å². The van der Waals surface area contributed by atoms with Gasteiger partial charge in [0.05, 0.1) is 12.7 Å². The fourth-order valence-corrected chi connectivity index (χ4v) is 5.38. The molecule has 1 atom stereocenters. The van der Waals surface area contributed by atoms with Gasteiger partial charge in [-0.1, -0.05) is 84.9 Å². The number of aryl methyl sites for hydroxylation is 1. The lowest BCUT2D eigenvalue weighted by atomic mass is 9.95. The van der Waals surface area contributed by atoms with Crippen LogP contribution >= 0.6 is 11.8 Å². The van der Waals surface area contributed by atoms with E-state index >= 15 is 0 Å². The van der Waals surface area contributed by atoms with E-state index in [4.69, 9.17) is 24.3 Å². The maximum absolute atomic E-state index is 13.6. The quantitative estimate of drug-likeness (QED) is 0.157. The number of aromatic nitrogens is 3. The fraction of sp³-hybridized carbons (Fsp3) is 0.281. The molecule has 212 valence electrons. The van der Waals surface area contributed by atoms with E-state index in [2.05, 4.69) is 31.3 Å². The average molecular weight is 571 g/mol. The van der Waals surface area contributed by atoms with E-state index in [1.807, 2.05) is 67.6 Å². The number of fused-ring (bicyclic) bond motifs is 1. The Morgan fingerprint density at radius 2 is 1.78 bits per heavy atom. The predicted octanol–water partition coefficient (Wildman–Crippen LogP) is 6.71. The van der Waals surface area contributed by atoms with Crippen LogP contribution in [0.2, 0.25) is 0 Å². The minimum absolute atomic E-state index is 0.167. The van der Waals surface area contributed by atoms with Crippen molar-refractivity contribution in [2.75, 3.05) is 18.2 Å². The Balaban J connectivity index is 1.47. The molecule has 1 N–H and O–H groups in total. The highest BCUT2D eigenvalue weighted by molar-refractivity contribution is 7.99. The van der Waals surface area contributed by atoms with Gasteiger partial charge in [0.25, 0.3) is 0 Å². The summed E-state index contributed by atoms with van der Waals surface area (Å²) in [6.45, 7) is 6.61. The second-order valence-corrected chi connectivity index (χ2v) is 10.9. The first-order chi connectivity index (χ1) is 20.0. The molecule has 0 bridgehead atoms. The molecule has 0 saturated carbocycles. The van der Waals surface area contributed by atoms with Gasteiger partial charge in [0.2, 0.25) is 11.1 Å². The number of carbonyl (C=O) groups excluding carboxylic acids is 1. The maximum Gasteiger partial charge on any atom is 0.338 e. The standard InChI is InChI=1S/C32H34N4O4S/c1-5-16-41-32-34-31-33-22(3)28(30(37)40-19-23-11-7-6-8-12-23)29(36(31)35-32)25-14-15-26(27(18-25)38-4)39-20-24-13-9-10-21(2)17-24/h6-15,17-18,29H,5,16,19-20H2,1-4H3,(H,33,34,35). The van der Waals surface area contributed by atoms with Gasteiger partial charge >= 0.3 is 5.97 Å². The van der Waals surface area contributed by atoms with Crippen molar-refractivity contribution in [2.45, 2.75) is 51.6 Å². The molecule has 0 amide bonds. The van der Waals surface area contributed by atoms with Crippen LogP contribution < -0.4 is 14.8 Å². The van der Waals surface area contributed by atoms with E-state index in [0.29, 0.717) is 40.5 Å². The van der Waals surface area contributed by atoms with E-state index in [9.17, 15) is 4.79 Å². The largest absolute Gasteiger partial charge is 0.493 e. The number of ether oxygens (including phenoxy) is 3. The number of allylic oxidation sites excluding steroid dienone is 1. The van der Waals surface area contributed by atoms with Gasteiger partial charge in [-0.15, -0.1) is 5.10 Å². The molecule has 8 nitrogen and oxygen atoms in total. The summed E-state index contributed by atoms with van der Waals surface area (Å²) in [5.41, 5.74) is 5.08. The number of hydrogen-bond donors (Lipinski definition) is 1. The van der Waals surface area contributed by atoms with E-state index < -0.39 is 12.0 Å². The Labute approximate surface area is 244 Å². The molecule has 3 aromatic carbocycles. The molecule has 5 rings (SSSR count). The Kier molecular flexibility index (Phi) is 8.94. The zero-order valence-electron chi connectivity index (χ0n) is 23.7. The Morgan fingerprint density at radius 3 is 2.54 bits per heavy atom. The summed E-state index contributed by atoms with van der Waals surface area (Å²) in [6.07, 6.45) is 1.00. The minimum Gasteiger partial charge on any atom is -0.493 e. The van der Waals surface area contributed by atoms with Gasteiger partial charge in [-0.25, -0.2) is 9.48 Å². The van der Waals surface area contributed by atoms with Crippen molar-refractivity contribution >= 4 is 23.7 Å². The third-order valence-corrected chi connectivity index (χ3v) is 7.72. The molecule has 2 heterocycles. The van der Waals surface area contributed by atoms with Gasteiger partial charge in [0.1, 0.15) is 19.3 Å². The second kappa shape index (κ2) is 13.0. The average Bonchev–Trinajstić information content (AvgIpc) is 3.39. The first-order valence-corrected chi connectivity index (χ1v) is 14.6. The smallest absolute Gasteiger partial charge is 0.338 e. The predicted molar refractivity (Wildman–Crippen MR) is 160 cm³/mol. The number of anilines is 1. The zero-order chi connectivity index (χ0) is 28.8. The molecule has 4 aromatic rings. The Hall–Kier alpha value is -4.24. The van der Waals surface area contributed by atoms with Crippen LogP contribution in [0, 0.1) is 6.92 Å². The van der Waals surface area contributed by atoms with Crippen LogP contribution in [0.25, 0.3) is 0 Å². The number of methoxy groups -OCH3 is 1. The van der Waals surface area contributed by atoms with Crippen molar-refractivity contribution < 1.29 is 19.0 Å². The Bertz CT molecular complexity index is 1550. The number of carbonyl (C=O) groups is 1. The molecule has 41 heavy (non-hydrogen) atoms. The van der Waals surface area contributed by atoms with Crippen LogP contribution in [0.15, 0.2) is 89.2 Å². The molecular weight excluding hydrogens is 536 g/mol. The number of thioether (sulfide) groups is 1. The van der Waals surface area contributed by atoms with Crippen LogP contribution in [-0.2, 0) is 22.7 Å². The highest BCUT2D eigenvalue weighted by Gasteiger charge is 2.36. The van der Waals surface area contributed by atoms with Crippen LogP contribution in [0.4, 0.5) is 5.95 Å². The second-order valence-electron chi connectivity index (χ2n) is 9.83. The van der Waals surface area contributed by atoms with E-state index in [-0.39, 0.29) is 6.61 Å². The molecular formula is C32H34N4O4S. The summed E-state index contributed by atoms with van der Waals surface area (Å²) in [6, 6.07) is 23.0. The Morgan fingerprint density at radius 1 is 0.976 bits per heavy atom. The summed E-state index contributed by atoms with van der Waals surface area (Å²) in [7, 11) is 1.61. The summed E-state index contributed by atoms with van der Waals surface area (Å²) < 4.78 is 19.4. The molecule has 0 saturated heterocycles. The summed E-state index contributed by atoms with van der Waals surface area (Å²) in [5, 5.41) is 8.70. The third kappa shape index (κ3) is 6.57. The molecule has 0 fully saturated rings. The SMILES string of the molecule is CCCSc1nc2n(n1)C(c1ccc(OCc3cccc(C)c3)c(OC)c1)C(C(=O)OCc1ccccc1)=C(C)N2. The summed E-state index contributed by atoms with van der Waals surface area (Å²) >= 11 is 1.58. The van der Waals surface area contributed by atoms with E-state index in [1.54, 1.807) is 23.6 Å².